The average molecular weight is 297 g/mol. The molecule has 0 aliphatic carbocycles. The van der Waals surface area contributed by atoms with E-state index in [-0.39, 0.29) is 11.6 Å². The Kier molecular flexibility index (Phi) is 5.88. The molecule has 122 valence electrons. The summed E-state index contributed by atoms with van der Waals surface area (Å²) in [6, 6.07) is 0.563. The molecule has 2 aliphatic heterocycles. The first-order valence-electron chi connectivity index (χ1n) is 8.45. The Balaban J connectivity index is 1.80. The third kappa shape index (κ3) is 4.33. The second kappa shape index (κ2) is 7.45. The quantitative estimate of drug-likeness (QED) is 0.807. The molecule has 2 rings (SSSR count). The fourth-order valence-electron chi connectivity index (χ4n) is 3.30. The van der Waals surface area contributed by atoms with Crippen LogP contribution in [-0.4, -0.2) is 66.8 Å². The SMILES string of the molecule is CCCCOC(=O)N1CCC(C)(N2CCNC(C)C2)CC1. The number of hydrogen-bond donors (Lipinski definition) is 1. The molecule has 0 radical (unpaired) electrons. The van der Waals surface area contributed by atoms with Crippen LogP contribution in [0.3, 0.4) is 0 Å². The van der Waals surface area contributed by atoms with Gasteiger partial charge in [0.25, 0.3) is 0 Å². The highest BCUT2D eigenvalue weighted by atomic mass is 16.6. The van der Waals surface area contributed by atoms with Crippen molar-refractivity contribution in [2.45, 2.75) is 58.0 Å². The number of nitrogens with one attached hydrogen (secondary N) is 1. The zero-order valence-electron chi connectivity index (χ0n) is 13.9. The minimum atomic E-state index is -0.126. The van der Waals surface area contributed by atoms with Gasteiger partial charge in [0.15, 0.2) is 0 Å². The van der Waals surface area contributed by atoms with Gasteiger partial charge in [-0.2, -0.15) is 0 Å². The summed E-state index contributed by atoms with van der Waals surface area (Å²) in [5.74, 6) is 0. The highest BCUT2D eigenvalue weighted by Crippen LogP contribution is 2.29. The van der Waals surface area contributed by atoms with E-state index in [2.05, 4.69) is 31.0 Å². The van der Waals surface area contributed by atoms with Crippen LogP contribution in [0.4, 0.5) is 4.79 Å². The van der Waals surface area contributed by atoms with E-state index in [0.717, 1.165) is 58.4 Å². The summed E-state index contributed by atoms with van der Waals surface area (Å²) >= 11 is 0. The Bertz CT molecular complexity index is 340. The van der Waals surface area contributed by atoms with Gasteiger partial charge < -0.3 is 15.0 Å². The van der Waals surface area contributed by atoms with Gasteiger partial charge in [0, 0.05) is 44.3 Å². The third-order valence-electron chi connectivity index (χ3n) is 4.95. The highest BCUT2D eigenvalue weighted by Gasteiger charge is 2.38. The van der Waals surface area contributed by atoms with Gasteiger partial charge in [-0.15, -0.1) is 0 Å². The maximum atomic E-state index is 12.0. The van der Waals surface area contributed by atoms with Crippen molar-refractivity contribution >= 4 is 6.09 Å². The number of carbonyl (C=O) groups is 1. The second-order valence-electron chi connectivity index (χ2n) is 6.75. The number of piperidine rings is 1. The van der Waals surface area contributed by atoms with Crippen LogP contribution >= 0.6 is 0 Å². The minimum absolute atomic E-state index is 0.126. The summed E-state index contributed by atoms with van der Waals surface area (Å²) in [6.45, 7) is 12.2. The summed E-state index contributed by atoms with van der Waals surface area (Å²) in [5.41, 5.74) is 0.233. The van der Waals surface area contributed by atoms with Gasteiger partial charge in [-0.3, -0.25) is 4.90 Å². The number of likely N-dealkylation sites (tertiary alicyclic amines) is 1. The lowest BCUT2D eigenvalue weighted by molar-refractivity contribution is 0.0133. The number of rotatable bonds is 4. The molecule has 0 spiro atoms. The van der Waals surface area contributed by atoms with Gasteiger partial charge in [0.05, 0.1) is 6.61 Å². The van der Waals surface area contributed by atoms with Gasteiger partial charge in [0.2, 0.25) is 0 Å². The molecule has 2 saturated heterocycles. The second-order valence-corrected chi connectivity index (χ2v) is 6.75. The van der Waals surface area contributed by atoms with E-state index < -0.39 is 0 Å². The average Bonchev–Trinajstić information content (AvgIpc) is 2.48. The standard InChI is InChI=1S/C16H31N3O2/c1-4-5-12-21-15(20)18-9-6-16(3,7-10-18)19-11-8-17-14(2)13-19/h14,17H,4-13H2,1-3H3. The number of amides is 1. The van der Waals surface area contributed by atoms with Crippen LogP contribution < -0.4 is 5.32 Å². The number of hydrogen-bond acceptors (Lipinski definition) is 4. The van der Waals surface area contributed by atoms with Crippen LogP contribution in [0.2, 0.25) is 0 Å². The van der Waals surface area contributed by atoms with Crippen molar-refractivity contribution < 1.29 is 9.53 Å². The van der Waals surface area contributed by atoms with Gasteiger partial charge in [-0.05, 0) is 33.1 Å². The van der Waals surface area contributed by atoms with Crippen molar-refractivity contribution in [3.63, 3.8) is 0 Å². The molecule has 2 aliphatic rings. The molecule has 2 fully saturated rings. The van der Waals surface area contributed by atoms with Crippen molar-refractivity contribution in [3.8, 4) is 0 Å². The molecule has 0 aromatic heterocycles. The Hall–Kier alpha value is -0.810. The monoisotopic (exact) mass is 297 g/mol. The summed E-state index contributed by atoms with van der Waals surface area (Å²) < 4.78 is 5.32. The molecule has 5 heteroatoms. The lowest BCUT2D eigenvalue weighted by atomic mass is 9.87. The predicted octanol–water partition coefficient (Wildman–Crippen LogP) is 2.07. The maximum absolute atomic E-state index is 12.0. The summed E-state index contributed by atoms with van der Waals surface area (Å²) in [4.78, 5) is 16.5. The number of carbonyl (C=O) groups excluding carboxylic acids is 1. The molecule has 21 heavy (non-hydrogen) atoms. The van der Waals surface area contributed by atoms with Crippen molar-refractivity contribution in [1.29, 1.82) is 0 Å². The van der Waals surface area contributed by atoms with E-state index in [1.54, 1.807) is 0 Å². The molecule has 0 aromatic rings. The fraction of sp³-hybridized carbons (Fsp3) is 0.938. The van der Waals surface area contributed by atoms with Crippen LogP contribution in [-0.2, 0) is 4.74 Å². The Labute approximate surface area is 129 Å². The van der Waals surface area contributed by atoms with Crippen LogP contribution in [0, 0.1) is 0 Å². The Morgan fingerprint density at radius 1 is 1.33 bits per heavy atom. The molecule has 0 saturated carbocycles. The minimum Gasteiger partial charge on any atom is -0.449 e. The van der Waals surface area contributed by atoms with Crippen molar-refractivity contribution in [1.82, 2.24) is 15.1 Å². The Morgan fingerprint density at radius 3 is 2.67 bits per heavy atom. The van der Waals surface area contributed by atoms with Crippen molar-refractivity contribution in [3.05, 3.63) is 0 Å². The maximum Gasteiger partial charge on any atom is 0.409 e. The first kappa shape index (κ1) is 16.6. The van der Waals surface area contributed by atoms with Gasteiger partial charge in [0.1, 0.15) is 0 Å². The molecule has 2 heterocycles. The van der Waals surface area contributed by atoms with Gasteiger partial charge in [-0.25, -0.2) is 4.79 Å². The smallest absolute Gasteiger partial charge is 0.409 e. The topological polar surface area (TPSA) is 44.8 Å². The lowest BCUT2D eigenvalue weighted by Crippen LogP contribution is -2.61. The Morgan fingerprint density at radius 2 is 2.05 bits per heavy atom. The number of piperazine rings is 1. The molecule has 1 atom stereocenters. The molecule has 0 bridgehead atoms. The molecule has 5 nitrogen and oxygen atoms in total. The molecular formula is C16H31N3O2. The number of ether oxygens (including phenoxy) is 1. The molecule has 1 amide bonds. The predicted molar refractivity (Wildman–Crippen MR) is 84.5 cm³/mol. The fourth-order valence-corrected chi connectivity index (χ4v) is 3.30. The largest absolute Gasteiger partial charge is 0.449 e. The third-order valence-corrected chi connectivity index (χ3v) is 4.95. The van der Waals surface area contributed by atoms with E-state index in [1.807, 2.05) is 4.90 Å². The molecular weight excluding hydrogens is 266 g/mol. The molecule has 0 aromatic carbocycles. The van der Waals surface area contributed by atoms with Crippen LogP contribution in [0.5, 0.6) is 0 Å². The lowest BCUT2D eigenvalue weighted by Gasteiger charge is -2.49. The van der Waals surface area contributed by atoms with E-state index in [1.165, 1.54) is 0 Å². The van der Waals surface area contributed by atoms with Gasteiger partial charge in [-0.1, -0.05) is 13.3 Å². The molecule has 1 unspecified atom stereocenters. The number of nitrogens with zero attached hydrogens (tertiary/aromatic N) is 2. The highest BCUT2D eigenvalue weighted by molar-refractivity contribution is 5.67. The summed E-state index contributed by atoms with van der Waals surface area (Å²) in [7, 11) is 0. The zero-order valence-corrected chi connectivity index (χ0v) is 13.9. The first-order chi connectivity index (χ1) is 10.0. The van der Waals surface area contributed by atoms with E-state index >= 15 is 0 Å². The summed E-state index contributed by atoms with van der Waals surface area (Å²) in [5, 5.41) is 3.50. The van der Waals surface area contributed by atoms with E-state index in [0.29, 0.717) is 12.6 Å². The normalized spacial score (nSPS) is 26.6. The van der Waals surface area contributed by atoms with Gasteiger partial charge >= 0.3 is 6.09 Å². The van der Waals surface area contributed by atoms with Crippen LogP contribution in [0.15, 0.2) is 0 Å². The summed E-state index contributed by atoms with van der Waals surface area (Å²) in [6.07, 6.45) is 3.98. The van der Waals surface area contributed by atoms with E-state index in [9.17, 15) is 4.79 Å². The first-order valence-corrected chi connectivity index (χ1v) is 8.45. The van der Waals surface area contributed by atoms with Crippen LogP contribution in [0.1, 0.15) is 46.5 Å². The van der Waals surface area contributed by atoms with Crippen molar-refractivity contribution in [2.24, 2.45) is 0 Å². The van der Waals surface area contributed by atoms with Crippen LogP contribution in [0.25, 0.3) is 0 Å². The van der Waals surface area contributed by atoms with E-state index in [4.69, 9.17) is 4.74 Å². The molecule has 1 N–H and O–H groups in total. The zero-order chi connectivity index (χ0) is 15.3. The van der Waals surface area contributed by atoms with Crippen molar-refractivity contribution in [2.75, 3.05) is 39.3 Å². The number of unbranched alkanes of at least 4 members (excludes halogenated alkanes) is 1.